The van der Waals surface area contributed by atoms with E-state index in [1.807, 2.05) is 18.5 Å². The maximum absolute atomic E-state index is 4.18. The lowest BCUT2D eigenvalue weighted by molar-refractivity contribution is 1.36. The highest BCUT2D eigenvalue weighted by atomic mass is 14.6. The average molecular weight is 281 g/mol. The molecule has 0 aliphatic carbocycles. The van der Waals surface area contributed by atoms with Gasteiger partial charge in [-0.2, -0.15) is 0 Å². The molecule has 0 atom stereocenters. The van der Waals surface area contributed by atoms with E-state index >= 15 is 0 Å². The number of aromatic nitrogens is 1. The minimum atomic E-state index is 1.17. The predicted molar refractivity (Wildman–Crippen MR) is 94.6 cm³/mol. The van der Waals surface area contributed by atoms with E-state index < -0.39 is 0 Å². The summed E-state index contributed by atoms with van der Waals surface area (Å²) in [6.45, 7) is 0. The number of nitrogens with zero attached hydrogens (tertiary/aromatic N) is 1. The van der Waals surface area contributed by atoms with Crippen LogP contribution in [0.5, 0.6) is 0 Å². The number of fused-ring (bicyclic) bond motifs is 2. The Morgan fingerprint density at radius 2 is 1.23 bits per heavy atom. The first-order valence-electron chi connectivity index (χ1n) is 7.39. The first-order valence-corrected chi connectivity index (χ1v) is 7.39. The van der Waals surface area contributed by atoms with E-state index in [0.717, 1.165) is 0 Å². The predicted octanol–water partition coefficient (Wildman–Crippen LogP) is 5.56. The Kier molecular flexibility index (Phi) is 3.17. The summed E-state index contributed by atoms with van der Waals surface area (Å²) >= 11 is 0. The molecule has 104 valence electrons. The average Bonchev–Trinajstić information content (AvgIpc) is 2.59. The molecule has 3 aromatic carbocycles. The van der Waals surface area contributed by atoms with Crippen molar-refractivity contribution in [1.29, 1.82) is 0 Å². The maximum atomic E-state index is 4.18. The van der Waals surface area contributed by atoms with Gasteiger partial charge in [-0.05, 0) is 45.5 Å². The molecule has 0 bridgehead atoms. The molecule has 0 amide bonds. The summed E-state index contributed by atoms with van der Waals surface area (Å²) in [6, 6.07) is 23.4. The summed E-state index contributed by atoms with van der Waals surface area (Å²) < 4.78 is 0. The van der Waals surface area contributed by atoms with Crippen LogP contribution in [0.3, 0.4) is 0 Å². The van der Waals surface area contributed by atoms with Crippen LogP contribution in [-0.2, 0) is 0 Å². The lowest BCUT2D eigenvalue weighted by Crippen LogP contribution is -1.78. The molecule has 4 rings (SSSR count). The molecule has 1 heteroatoms. The second kappa shape index (κ2) is 5.45. The van der Waals surface area contributed by atoms with Crippen LogP contribution in [0.2, 0.25) is 0 Å². The zero-order valence-corrected chi connectivity index (χ0v) is 12.1. The SMILES string of the molecule is C(=C\c1ccc2ccncc2c1)/c1ccc2ccccc2c1. The molecule has 1 heterocycles. The van der Waals surface area contributed by atoms with Crippen LogP contribution in [0.4, 0.5) is 0 Å². The van der Waals surface area contributed by atoms with Gasteiger partial charge < -0.3 is 0 Å². The van der Waals surface area contributed by atoms with Gasteiger partial charge in [-0.3, -0.25) is 4.98 Å². The second-order valence-corrected chi connectivity index (χ2v) is 5.42. The summed E-state index contributed by atoms with van der Waals surface area (Å²) in [6.07, 6.45) is 8.04. The topological polar surface area (TPSA) is 12.9 Å². The Balaban J connectivity index is 1.68. The Bertz CT molecular complexity index is 902. The van der Waals surface area contributed by atoms with Crippen LogP contribution in [0.25, 0.3) is 33.7 Å². The highest BCUT2D eigenvalue weighted by Crippen LogP contribution is 2.19. The molecule has 1 aromatic heterocycles. The summed E-state index contributed by atoms with van der Waals surface area (Å²) in [5, 5.41) is 4.94. The van der Waals surface area contributed by atoms with Crippen LogP contribution in [0.15, 0.2) is 79.1 Å². The minimum absolute atomic E-state index is 1.17. The van der Waals surface area contributed by atoms with Gasteiger partial charge in [0, 0.05) is 17.8 Å². The fourth-order valence-corrected chi connectivity index (χ4v) is 2.71. The number of rotatable bonds is 2. The van der Waals surface area contributed by atoms with E-state index in [-0.39, 0.29) is 0 Å². The van der Waals surface area contributed by atoms with Crippen molar-refractivity contribution in [3.05, 3.63) is 90.3 Å². The largest absolute Gasteiger partial charge is 0.264 e. The van der Waals surface area contributed by atoms with Crippen LogP contribution >= 0.6 is 0 Å². The monoisotopic (exact) mass is 281 g/mol. The van der Waals surface area contributed by atoms with Crippen LogP contribution < -0.4 is 0 Å². The molecule has 0 aliphatic heterocycles. The van der Waals surface area contributed by atoms with Crippen LogP contribution in [0, 0.1) is 0 Å². The maximum Gasteiger partial charge on any atom is 0.0346 e. The van der Waals surface area contributed by atoms with Gasteiger partial charge in [0.15, 0.2) is 0 Å². The summed E-state index contributed by atoms with van der Waals surface area (Å²) in [5.74, 6) is 0. The molecular formula is C21H15N. The molecule has 0 fully saturated rings. The Morgan fingerprint density at radius 3 is 2.00 bits per heavy atom. The Labute approximate surface area is 129 Å². The third-order valence-corrected chi connectivity index (χ3v) is 3.91. The van der Waals surface area contributed by atoms with Gasteiger partial charge in [0.05, 0.1) is 0 Å². The lowest BCUT2D eigenvalue weighted by Gasteiger charge is -2.00. The Morgan fingerprint density at radius 1 is 0.591 bits per heavy atom. The first-order chi connectivity index (χ1) is 10.9. The summed E-state index contributed by atoms with van der Waals surface area (Å²) in [4.78, 5) is 4.18. The molecule has 0 saturated carbocycles. The van der Waals surface area contributed by atoms with E-state index in [1.165, 1.54) is 32.7 Å². The molecule has 0 spiro atoms. The fourth-order valence-electron chi connectivity index (χ4n) is 2.71. The lowest BCUT2D eigenvalue weighted by atomic mass is 10.0. The quantitative estimate of drug-likeness (QED) is 0.438. The minimum Gasteiger partial charge on any atom is -0.264 e. The third kappa shape index (κ3) is 2.49. The first kappa shape index (κ1) is 12.8. The van der Waals surface area contributed by atoms with E-state index in [0.29, 0.717) is 0 Å². The number of hydrogen-bond donors (Lipinski definition) is 0. The second-order valence-electron chi connectivity index (χ2n) is 5.42. The zero-order chi connectivity index (χ0) is 14.8. The molecule has 22 heavy (non-hydrogen) atoms. The molecular weight excluding hydrogens is 266 g/mol. The smallest absolute Gasteiger partial charge is 0.0346 e. The molecule has 0 radical (unpaired) electrons. The van der Waals surface area contributed by atoms with E-state index in [2.05, 4.69) is 77.8 Å². The van der Waals surface area contributed by atoms with Gasteiger partial charge >= 0.3 is 0 Å². The molecule has 4 aromatic rings. The molecule has 0 unspecified atom stereocenters. The van der Waals surface area contributed by atoms with E-state index in [4.69, 9.17) is 0 Å². The van der Waals surface area contributed by atoms with Gasteiger partial charge in [-0.15, -0.1) is 0 Å². The van der Waals surface area contributed by atoms with Crippen molar-refractivity contribution in [2.45, 2.75) is 0 Å². The highest BCUT2D eigenvalue weighted by Gasteiger charge is 1.95. The van der Waals surface area contributed by atoms with Crippen molar-refractivity contribution in [2.24, 2.45) is 0 Å². The van der Waals surface area contributed by atoms with Crippen LogP contribution in [-0.4, -0.2) is 4.98 Å². The summed E-state index contributed by atoms with van der Waals surface area (Å²) in [7, 11) is 0. The molecule has 0 saturated heterocycles. The van der Waals surface area contributed by atoms with Crippen molar-refractivity contribution >= 4 is 33.7 Å². The third-order valence-electron chi connectivity index (χ3n) is 3.91. The number of pyridine rings is 1. The molecule has 0 aliphatic rings. The van der Waals surface area contributed by atoms with Gasteiger partial charge in [-0.25, -0.2) is 0 Å². The van der Waals surface area contributed by atoms with Crippen molar-refractivity contribution in [2.75, 3.05) is 0 Å². The highest BCUT2D eigenvalue weighted by molar-refractivity contribution is 5.87. The number of benzene rings is 3. The van der Waals surface area contributed by atoms with Crippen molar-refractivity contribution in [3.8, 4) is 0 Å². The van der Waals surface area contributed by atoms with Gasteiger partial charge in [0.1, 0.15) is 0 Å². The van der Waals surface area contributed by atoms with Gasteiger partial charge in [0.25, 0.3) is 0 Å². The van der Waals surface area contributed by atoms with Crippen molar-refractivity contribution in [3.63, 3.8) is 0 Å². The zero-order valence-electron chi connectivity index (χ0n) is 12.1. The standard InChI is InChI=1S/C21H15N/c1-2-4-20-13-16(7-9-18(20)3-1)5-6-17-8-10-19-11-12-22-15-21(19)14-17/h1-15H/b6-5+. The van der Waals surface area contributed by atoms with Crippen LogP contribution in [0.1, 0.15) is 11.1 Å². The van der Waals surface area contributed by atoms with Gasteiger partial charge in [-0.1, -0.05) is 60.7 Å². The van der Waals surface area contributed by atoms with E-state index in [9.17, 15) is 0 Å². The normalized spacial score (nSPS) is 11.5. The van der Waals surface area contributed by atoms with Crippen molar-refractivity contribution in [1.82, 2.24) is 4.98 Å². The summed E-state index contributed by atoms with van der Waals surface area (Å²) in [5.41, 5.74) is 2.40. The number of hydrogen-bond acceptors (Lipinski definition) is 1. The van der Waals surface area contributed by atoms with E-state index in [1.54, 1.807) is 0 Å². The van der Waals surface area contributed by atoms with Gasteiger partial charge in [0.2, 0.25) is 0 Å². The fraction of sp³-hybridized carbons (Fsp3) is 0. The van der Waals surface area contributed by atoms with Crippen molar-refractivity contribution < 1.29 is 0 Å². The molecule has 1 nitrogen and oxygen atoms in total. The molecule has 0 N–H and O–H groups in total. The Hall–Kier alpha value is -2.93.